The molecule has 0 amide bonds. The van der Waals surface area contributed by atoms with Crippen molar-refractivity contribution in [1.82, 2.24) is 14.8 Å². The molecule has 0 aromatic carbocycles. The summed E-state index contributed by atoms with van der Waals surface area (Å²) in [6.45, 7) is 9.56. The van der Waals surface area contributed by atoms with Gasteiger partial charge in [0, 0.05) is 12.0 Å². The minimum absolute atomic E-state index is 0.388. The molecule has 2 saturated carbocycles. The molecule has 0 unspecified atom stereocenters. The summed E-state index contributed by atoms with van der Waals surface area (Å²) in [4.78, 5) is 0. The van der Waals surface area contributed by atoms with Crippen molar-refractivity contribution in [2.75, 3.05) is 0 Å². The van der Waals surface area contributed by atoms with Crippen LogP contribution in [-0.4, -0.2) is 14.8 Å². The van der Waals surface area contributed by atoms with Crippen LogP contribution in [0, 0.1) is 15.6 Å². The van der Waals surface area contributed by atoms with Crippen LogP contribution in [0.15, 0.2) is 0 Å². The van der Waals surface area contributed by atoms with Crippen LogP contribution in [0.3, 0.4) is 0 Å². The average Bonchev–Trinajstić information content (AvgIpc) is 2.97. The summed E-state index contributed by atoms with van der Waals surface area (Å²) < 4.78 is 3.16. The van der Waals surface area contributed by atoms with Crippen LogP contribution >= 0.6 is 12.2 Å². The molecule has 3 nitrogen and oxygen atoms in total. The highest BCUT2D eigenvalue weighted by Crippen LogP contribution is 2.51. The Morgan fingerprint density at radius 3 is 2.26 bits per heavy atom. The Hall–Kier alpha value is -0.640. The van der Waals surface area contributed by atoms with E-state index in [0.717, 1.165) is 4.77 Å². The maximum Gasteiger partial charge on any atom is 0.195 e. The van der Waals surface area contributed by atoms with Crippen molar-refractivity contribution in [2.45, 2.75) is 71.8 Å². The van der Waals surface area contributed by atoms with Crippen LogP contribution in [0.25, 0.3) is 0 Å². The van der Waals surface area contributed by atoms with Crippen LogP contribution in [-0.2, 0) is 0 Å². The zero-order valence-corrected chi connectivity index (χ0v) is 13.3. The predicted octanol–water partition coefficient (Wildman–Crippen LogP) is 4.60. The lowest BCUT2D eigenvalue weighted by Gasteiger charge is -2.45. The largest absolute Gasteiger partial charge is 0.301 e. The van der Waals surface area contributed by atoms with Crippen molar-refractivity contribution in [3.8, 4) is 0 Å². The van der Waals surface area contributed by atoms with Crippen LogP contribution in [0.5, 0.6) is 0 Å². The van der Waals surface area contributed by atoms with Crippen LogP contribution in [0.4, 0.5) is 0 Å². The summed E-state index contributed by atoms with van der Waals surface area (Å²) in [5.41, 5.74) is 0.776. The highest BCUT2D eigenvalue weighted by Gasteiger charge is 2.41. The molecule has 1 aromatic rings. The van der Waals surface area contributed by atoms with Crippen molar-refractivity contribution >= 4 is 12.2 Å². The lowest BCUT2D eigenvalue weighted by atomic mass is 9.63. The molecule has 0 radical (unpaired) electrons. The molecule has 106 valence electrons. The summed E-state index contributed by atoms with van der Waals surface area (Å²) in [7, 11) is 0. The molecule has 4 heteroatoms. The first-order valence-electron chi connectivity index (χ1n) is 7.44. The van der Waals surface area contributed by atoms with E-state index in [2.05, 4.69) is 42.5 Å². The number of H-pyrrole nitrogens is 1. The zero-order valence-electron chi connectivity index (χ0n) is 12.5. The van der Waals surface area contributed by atoms with Gasteiger partial charge in [-0.2, -0.15) is 5.10 Å². The highest BCUT2D eigenvalue weighted by molar-refractivity contribution is 7.71. The molecule has 2 aliphatic rings. The van der Waals surface area contributed by atoms with E-state index in [1.54, 1.807) is 0 Å². The van der Waals surface area contributed by atoms with Gasteiger partial charge in [0.05, 0.1) is 0 Å². The summed E-state index contributed by atoms with van der Waals surface area (Å²) in [6, 6.07) is 0.514. The first kappa shape index (κ1) is 13.3. The molecule has 0 aliphatic heterocycles. The molecule has 1 heterocycles. The van der Waals surface area contributed by atoms with Crippen molar-refractivity contribution in [2.24, 2.45) is 10.8 Å². The second-order valence-electron chi connectivity index (χ2n) is 8.10. The van der Waals surface area contributed by atoms with E-state index in [9.17, 15) is 0 Å². The first-order valence-corrected chi connectivity index (χ1v) is 7.85. The van der Waals surface area contributed by atoms with Gasteiger partial charge in [-0.15, -0.1) is 0 Å². The molecule has 2 fully saturated rings. The van der Waals surface area contributed by atoms with Gasteiger partial charge < -0.3 is 4.57 Å². The Labute approximate surface area is 120 Å². The molecule has 0 saturated heterocycles. The number of rotatable bonds is 2. The molecular weight excluding hydrogens is 254 g/mol. The Morgan fingerprint density at radius 1 is 1.16 bits per heavy atom. The number of nitrogens with zero attached hydrogens (tertiary/aromatic N) is 2. The van der Waals surface area contributed by atoms with Gasteiger partial charge in [-0.25, -0.2) is 0 Å². The second-order valence-corrected chi connectivity index (χ2v) is 8.49. The topological polar surface area (TPSA) is 33.6 Å². The van der Waals surface area contributed by atoms with E-state index in [-0.39, 0.29) is 0 Å². The Kier molecular flexibility index (Phi) is 2.93. The van der Waals surface area contributed by atoms with Gasteiger partial charge >= 0.3 is 0 Å². The van der Waals surface area contributed by atoms with E-state index in [1.165, 1.54) is 37.9 Å². The molecule has 3 rings (SSSR count). The highest BCUT2D eigenvalue weighted by atomic mass is 32.1. The van der Waals surface area contributed by atoms with Gasteiger partial charge in [0.2, 0.25) is 0 Å². The molecule has 1 N–H and O–H groups in total. The van der Waals surface area contributed by atoms with Crippen LogP contribution in [0.2, 0.25) is 0 Å². The Bertz CT molecular complexity index is 518. The number of aromatic amines is 1. The van der Waals surface area contributed by atoms with E-state index in [4.69, 9.17) is 12.2 Å². The Morgan fingerprint density at radius 2 is 1.74 bits per heavy atom. The van der Waals surface area contributed by atoms with Crippen LogP contribution < -0.4 is 0 Å². The normalized spacial score (nSPS) is 26.5. The molecule has 0 atom stereocenters. The lowest BCUT2D eigenvalue weighted by Crippen LogP contribution is -2.35. The van der Waals surface area contributed by atoms with Gasteiger partial charge in [0.25, 0.3) is 0 Å². The molecule has 2 aliphatic carbocycles. The summed E-state index contributed by atoms with van der Waals surface area (Å²) in [6.07, 6.45) is 6.27. The average molecular weight is 279 g/mol. The molecular formula is C15H25N3S. The van der Waals surface area contributed by atoms with Gasteiger partial charge in [0.1, 0.15) is 5.82 Å². The molecule has 19 heavy (non-hydrogen) atoms. The first-order chi connectivity index (χ1) is 8.77. The standard InChI is InChI=1S/C15H25N3S/c1-14(2)7-11(8-15(3,4)9-14)18-12(10-5-6-10)16-17-13(18)19/h10-11H,5-9H2,1-4H3,(H,17,19). The summed E-state index contributed by atoms with van der Waals surface area (Å²) in [5.74, 6) is 1.87. The summed E-state index contributed by atoms with van der Waals surface area (Å²) in [5, 5.41) is 7.52. The number of aromatic nitrogens is 3. The van der Waals surface area contributed by atoms with Crippen molar-refractivity contribution < 1.29 is 0 Å². The smallest absolute Gasteiger partial charge is 0.195 e. The maximum absolute atomic E-state index is 5.50. The monoisotopic (exact) mass is 279 g/mol. The predicted molar refractivity (Wildman–Crippen MR) is 79.8 cm³/mol. The SMILES string of the molecule is CC1(C)CC(n2c(C3CC3)n[nH]c2=S)CC(C)(C)C1. The van der Waals surface area contributed by atoms with E-state index in [0.29, 0.717) is 22.8 Å². The molecule has 0 spiro atoms. The fraction of sp³-hybridized carbons (Fsp3) is 0.867. The molecule has 1 aromatic heterocycles. The second kappa shape index (κ2) is 4.18. The van der Waals surface area contributed by atoms with Gasteiger partial charge in [-0.3, -0.25) is 5.10 Å². The minimum Gasteiger partial charge on any atom is -0.301 e. The number of hydrogen-bond donors (Lipinski definition) is 1. The van der Waals surface area contributed by atoms with E-state index < -0.39 is 0 Å². The van der Waals surface area contributed by atoms with Crippen molar-refractivity contribution in [1.29, 1.82) is 0 Å². The van der Waals surface area contributed by atoms with Crippen molar-refractivity contribution in [3.63, 3.8) is 0 Å². The summed E-state index contributed by atoms with van der Waals surface area (Å²) >= 11 is 5.50. The third-order valence-electron chi connectivity index (χ3n) is 4.57. The van der Waals surface area contributed by atoms with Gasteiger partial charge in [-0.05, 0) is 55.2 Å². The zero-order chi connectivity index (χ0) is 13.8. The fourth-order valence-corrected chi connectivity index (χ4v) is 4.56. The Balaban J connectivity index is 1.97. The lowest BCUT2D eigenvalue weighted by molar-refractivity contribution is 0.0705. The molecule has 0 bridgehead atoms. The number of nitrogens with one attached hydrogen (secondary N) is 1. The number of hydrogen-bond acceptors (Lipinski definition) is 2. The van der Waals surface area contributed by atoms with Crippen molar-refractivity contribution in [3.05, 3.63) is 10.6 Å². The van der Waals surface area contributed by atoms with Gasteiger partial charge in [0.15, 0.2) is 4.77 Å². The third-order valence-corrected chi connectivity index (χ3v) is 4.86. The van der Waals surface area contributed by atoms with Gasteiger partial charge in [-0.1, -0.05) is 27.7 Å². The third kappa shape index (κ3) is 2.64. The van der Waals surface area contributed by atoms with E-state index in [1.807, 2.05) is 0 Å². The van der Waals surface area contributed by atoms with E-state index >= 15 is 0 Å². The minimum atomic E-state index is 0.388. The fourth-order valence-electron chi connectivity index (χ4n) is 4.27. The quantitative estimate of drug-likeness (QED) is 0.803. The maximum atomic E-state index is 5.50. The van der Waals surface area contributed by atoms with Crippen LogP contribution in [0.1, 0.15) is 77.6 Å².